The summed E-state index contributed by atoms with van der Waals surface area (Å²) in [6.07, 6.45) is 7.12. The Balaban J connectivity index is 1.40. The molecule has 0 unspecified atom stereocenters. The number of halogens is 1. The smallest absolute Gasteiger partial charge is 0.0900 e. The van der Waals surface area contributed by atoms with E-state index in [1.807, 2.05) is 72.8 Å². The quantitative estimate of drug-likeness (QED) is 0.185. The Labute approximate surface area is 257 Å². The van der Waals surface area contributed by atoms with Crippen LogP contribution in [0.3, 0.4) is 0 Å². The van der Waals surface area contributed by atoms with Crippen molar-refractivity contribution in [3.05, 3.63) is 145 Å². The molecule has 7 rings (SSSR count). The van der Waals surface area contributed by atoms with Crippen LogP contribution in [0.5, 0.6) is 0 Å². The van der Waals surface area contributed by atoms with Crippen molar-refractivity contribution in [3.8, 4) is 67.8 Å². The molecule has 0 aliphatic rings. The molecule has 0 amide bonds. The van der Waals surface area contributed by atoms with Crippen molar-refractivity contribution in [2.45, 2.75) is 0 Å². The highest BCUT2D eigenvalue weighted by Gasteiger charge is 2.14. The zero-order valence-electron chi connectivity index (χ0n) is 22.8. The van der Waals surface area contributed by atoms with Crippen LogP contribution in [0.1, 0.15) is 0 Å². The van der Waals surface area contributed by atoms with Crippen LogP contribution in [0, 0.1) is 0 Å². The van der Waals surface area contributed by atoms with Crippen LogP contribution >= 0.6 is 15.9 Å². The predicted octanol–water partition coefficient (Wildman–Crippen LogP) is 8.82. The summed E-state index contributed by atoms with van der Waals surface area (Å²) in [5.74, 6) is 0. The van der Waals surface area contributed by atoms with Crippen LogP contribution in [-0.4, -0.2) is 29.9 Å². The van der Waals surface area contributed by atoms with Gasteiger partial charge in [0.05, 0.1) is 45.6 Å². The van der Waals surface area contributed by atoms with Crippen molar-refractivity contribution in [3.63, 3.8) is 0 Å². The lowest BCUT2D eigenvalue weighted by Crippen LogP contribution is -1.95. The zero-order valence-corrected chi connectivity index (χ0v) is 24.4. The number of aromatic nitrogens is 6. The van der Waals surface area contributed by atoms with Gasteiger partial charge in [-0.15, -0.1) is 0 Å². The minimum Gasteiger partial charge on any atom is -0.255 e. The Hall–Kier alpha value is -5.40. The average Bonchev–Trinajstić information content (AvgIpc) is 3.09. The van der Waals surface area contributed by atoms with Gasteiger partial charge < -0.3 is 0 Å². The lowest BCUT2D eigenvalue weighted by Gasteiger charge is -2.13. The van der Waals surface area contributed by atoms with E-state index in [1.54, 1.807) is 24.8 Å². The van der Waals surface area contributed by atoms with Crippen molar-refractivity contribution in [2.75, 3.05) is 0 Å². The summed E-state index contributed by atoms with van der Waals surface area (Å²) in [6.45, 7) is 0. The van der Waals surface area contributed by atoms with Crippen LogP contribution < -0.4 is 0 Å². The molecule has 0 atom stereocenters. The van der Waals surface area contributed by atoms with Crippen molar-refractivity contribution in [2.24, 2.45) is 0 Å². The van der Waals surface area contributed by atoms with Crippen molar-refractivity contribution in [1.29, 1.82) is 0 Å². The van der Waals surface area contributed by atoms with E-state index in [0.717, 1.165) is 72.3 Å². The second-order valence-corrected chi connectivity index (χ2v) is 10.8. The molecule has 6 aromatic heterocycles. The fourth-order valence-corrected chi connectivity index (χ4v) is 5.39. The molecule has 204 valence electrons. The molecule has 0 saturated heterocycles. The second kappa shape index (κ2) is 11.8. The summed E-state index contributed by atoms with van der Waals surface area (Å²) in [5.41, 5.74) is 10.4. The number of pyridine rings is 6. The van der Waals surface area contributed by atoms with Gasteiger partial charge in [-0.05, 0) is 113 Å². The van der Waals surface area contributed by atoms with Gasteiger partial charge in [-0.3, -0.25) is 19.9 Å². The van der Waals surface area contributed by atoms with Crippen LogP contribution in [-0.2, 0) is 0 Å². The first-order valence-electron chi connectivity index (χ1n) is 13.7. The maximum atomic E-state index is 4.93. The molecule has 6 nitrogen and oxygen atoms in total. The van der Waals surface area contributed by atoms with Gasteiger partial charge in [-0.1, -0.05) is 40.2 Å². The SMILES string of the molecule is Brc1cc(-c2cc(-c3ccccn3)nc(-c3ccccn3)c2)cc(-c2cc(-c3ccccn3)nc(-c3ccccn3)c2)c1. The van der Waals surface area contributed by atoms with E-state index >= 15 is 0 Å². The van der Waals surface area contributed by atoms with Crippen LogP contribution in [0.4, 0.5) is 0 Å². The van der Waals surface area contributed by atoms with Gasteiger partial charge in [0.1, 0.15) is 0 Å². The predicted molar refractivity (Wildman–Crippen MR) is 174 cm³/mol. The third-order valence-corrected chi connectivity index (χ3v) is 7.38. The zero-order chi connectivity index (χ0) is 29.0. The average molecular weight is 620 g/mol. The Kier molecular flexibility index (Phi) is 7.29. The molecule has 0 N–H and O–H groups in total. The molecule has 6 heterocycles. The lowest BCUT2D eigenvalue weighted by molar-refractivity contribution is 1.22. The number of rotatable bonds is 6. The number of hydrogen-bond acceptors (Lipinski definition) is 6. The first kappa shape index (κ1) is 26.5. The minimum atomic E-state index is 0.777. The van der Waals surface area contributed by atoms with Gasteiger partial charge in [0, 0.05) is 29.3 Å². The molecule has 0 aliphatic heterocycles. The Morgan fingerprint density at radius 1 is 0.326 bits per heavy atom. The van der Waals surface area contributed by atoms with Crippen molar-refractivity contribution < 1.29 is 0 Å². The summed E-state index contributed by atoms with van der Waals surface area (Å²) in [7, 11) is 0. The molecule has 43 heavy (non-hydrogen) atoms. The van der Waals surface area contributed by atoms with E-state index in [4.69, 9.17) is 9.97 Å². The monoisotopic (exact) mass is 618 g/mol. The molecule has 7 aromatic rings. The van der Waals surface area contributed by atoms with Crippen molar-refractivity contribution >= 4 is 15.9 Å². The van der Waals surface area contributed by atoms with Crippen LogP contribution in [0.25, 0.3) is 67.8 Å². The lowest BCUT2D eigenvalue weighted by atomic mass is 9.97. The maximum absolute atomic E-state index is 4.93. The highest BCUT2D eigenvalue weighted by molar-refractivity contribution is 9.10. The summed E-state index contributed by atoms with van der Waals surface area (Å²) >= 11 is 3.78. The van der Waals surface area contributed by atoms with Crippen LogP contribution in [0.2, 0.25) is 0 Å². The molecule has 7 heteroatoms. The van der Waals surface area contributed by atoms with E-state index < -0.39 is 0 Å². The van der Waals surface area contributed by atoms with E-state index in [2.05, 4.69) is 78.3 Å². The van der Waals surface area contributed by atoms with Gasteiger partial charge in [0.25, 0.3) is 0 Å². The number of benzene rings is 1. The Morgan fingerprint density at radius 3 is 0.907 bits per heavy atom. The molecule has 0 bridgehead atoms. The first-order valence-corrected chi connectivity index (χ1v) is 14.5. The van der Waals surface area contributed by atoms with Gasteiger partial charge >= 0.3 is 0 Å². The molecular weight excluding hydrogens is 596 g/mol. The fourth-order valence-electron chi connectivity index (χ4n) is 4.90. The standard InChI is InChI=1S/C36H23BrN6/c37-28-18-24(26-20-33(29-9-1-5-13-38-29)42-34(21-26)30-10-2-6-14-39-30)17-25(19-28)27-22-35(31-11-3-7-15-40-31)43-36(23-27)32-12-4-8-16-41-32/h1-23H. The van der Waals surface area contributed by atoms with Gasteiger partial charge in [-0.2, -0.15) is 0 Å². The van der Waals surface area contributed by atoms with Gasteiger partial charge in [-0.25, -0.2) is 9.97 Å². The molecule has 1 aromatic carbocycles. The highest BCUT2D eigenvalue weighted by atomic mass is 79.9. The van der Waals surface area contributed by atoms with Crippen molar-refractivity contribution in [1.82, 2.24) is 29.9 Å². The van der Waals surface area contributed by atoms with E-state index in [1.165, 1.54) is 0 Å². The summed E-state index contributed by atoms with van der Waals surface area (Å²) in [5, 5.41) is 0. The molecular formula is C36H23BrN6. The summed E-state index contributed by atoms with van der Waals surface area (Å²) in [6, 6.07) is 38.1. The van der Waals surface area contributed by atoms with Crippen LogP contribution in [0.15, 0.2) is 145 Å². The summed E-state index contributed by atoms with van der Waals surface area (Å²) < 4.78 is 0.950. The van der Waals surface area contributed by atoms with Gasteiger partial charge in [0.2, 0.25) is 0 Å². The molecule has 0 aliphatic carbocycles. The first-order chi connectivity index (χ1) is 21.2. The van der Waals surface area contributed by atoms with Gasteiger partial charge in [0.15, 0.2) is 0 Å². The second-order valence-electron chi connectivity index (χ2n) is 9.84. The van der Waals surface area contributed by atoms with E-state index in [-0.39, 0.29) is 0 Å². The van der Waals surface area contributed by atoms with E-state index in [0.29, 0.717) is 0 Å². The maximum Gasteiger partial charge on any atom is 0.0900 e. The number of nitrogens with zero attached hydrogens (tertiary/aromatic N) is 6. The molecule has 0 saturated carbocycles. The third kappa shape index (κ3) is 5.84. The Morgan fingerprint density at radius 2 is 0.628 bits per heavy atom. The fraction of sp³-hybridized carbons (Fsp3) is 0. The van der Waals surface area contributed by atoms with E-state index in [9.17, 15) is 0 Å². The molecule has 0 radical (unpaired) electrons. The Bertz CT molecular complexity index is 1760. The number of hydrogen-bond donors (Lipinski definition) is 0. The largest absolute Gasteiger partial charge is 0.255 e. The highest BCUT2D eigenvalue weighted by Crippen LogP contribution is 2.36. The molecule has 0 fully saturated rings. The topological polar surface area (TPSA) is 77.3 Å². The third-order valence-electron chi connectivity index (χ3n) is 6.92. The minimum absolute atomic E-state index is 0.777. The summed E-state index contributed by atoms with van der Waals surface area (Å²) in [4.78, 5) is 28.1. The normalized spacial score (nSPS) is 10.9. The molecule has 0 spiro atoms.